The molecule has 0 amide bonds. The number of hydrogen-bond acceptors (Lipinski definition) is 2. The average Bonchev–Trinajstić information content (AvgIpc) is 2.34. The molecule has 1 unspecified atom stereocenters. The minimum atomic E-state index is -0.498. The van der Waals surface area contributed by atoms with Gasteiger partial charge in [-0.05, 0) is 67.3 Å². The molecule has 88 valence electrons. The van der Waals surface area contributed by atoms with Crippen molar-refractivity contribution in [1.29, 1.82) is 0 Å². The molecule has 2 nitrogen and oxygen atoms in total. The minimum Gasteiger partial charge on any atom is -0.388 e. The Bertz CT molecular complexity index is 502. The van der Waals surface area contributed by atoms with E-state index in [4.69, 9.17) is 0 Å². The standard InChI is InChI=1S/C13H11Br2NO/c14-11-2-1-10(8-12(11)15)13(17)7-9-3-5-16-6-4-9/h1-6,8,13,17H,7H2. The molecule has 2 aromatic rings. The predicted molar refractivity (Wildman–Crippen MR) is 74.7 cm³/mol. The Morgan fingerprint density at radius 3 is 2.41 bits per heavy atom. The number of aliphatic hydroxyl groups excluding tert-OH is 1. The zero-order valence-electron chi connectivity index (χ0n) is 8.98. The van der Waals surface area contributed by atoms with Gasteiger partial charge in [0.2, 0.25) is 0 Å². The Kier molecular flexibility index (Phi) is 4.31. The van der Waals surface area contributed by atoms with Crippen molar-refractivity contribution in [3.63, 3.8) is 0 Å². The smallest absolute Gasteiger partial charge is 0.0830 e. The highest BCUT2D eigenvalue weighted by atomic mass is 79.9. The lowest BCUT2D eigenvalue weighted by Gasteiger charge is -2.11. The van der Waals surface area contributed by atoms with Gasteiger partial charge in [-0.15, -0.1) is 0 Å². The number of aromatic nitrogens is 1. The van der Waals surface area contributed by atoms with Gasteiger partial charge in [-0.25, -0.2) is 0 Å². The van der Waals surface area contributed by atoms with E-state index in [-0.39, 0.29) is 0 Å². The van der Waals surface area contributed by atoms with Crippen molar-refractivity contribution in [2.45, 2.75) is 12.5 Å². The molecule has 0 aliphatic rings. The van der Waals surface area contributed by atoms with Gasteiger partial charge in [0.25, 0.3) is 0 Å². The molecule has 1 N–H and O–H groups in total. The van der Waals surface area contributed by atoms with E-state index in [1.165, 1.54) is 0 Å². The highest BCUT2D eigenvalue weighted by Gasteiger charge is 2.09. The quantitative estimate of drug-likeness (QED) is 0.905. The van der Waals surface area contributed by atoms with Crippen LogP contribution in [0, 0.1) is 0 Å². The molecule has 0 fully saturated rings. The molecule has 0 saturated heterocycles. The fraction of sp³-hybridized carbons (Fsp3) is 0.154. The van der Waals surface area contributed by atoms with Gasteiger partial charge < -0.3 is 5.11 Å². The van der Waals surface area contributed by atoms with E-state index in [0.717, 1.165) is 20.1 Å². The Morgan fingerprint density at radius 2 is 1.76 bits per heavy atom. The topological polar surface area (TPSA) is 33.1 Å². The summed E-state index contributed by atoms with van der Waals surface area (Å²) in [4.78, 5) is 3.96. The van der Waals surface area contributed by atoms with E-state index in [1.807, 2.05) is 30.3 Å². The molecule has 0 spiro atoms. The van der Waals surface area contributed by atoms with Gasteiger partial charge in [0.1, 0.15) is 0 Å². The van der Waals surface area contributed by atoms with Crippen molar-refractivity contribution in [3.05, 3.63) is 62.8 Å². The van der Waals surface area contributed by atoms with Crippen molar-refractivity contribution in [2.24, 2.45) is 0 Å². The van der Waals surface area contributed by atoms with Crippen LogP contribution in [0.3, 0.4) is 0 Å². The molecule has 2 rings (SSSR count). The normalized spacial score (nSPS) is 12.4. The molecule has 1 aromatic heterocycles. The first kappa shape index (κ1) is 12.7. The highest BCUT2D eigenvalue weighted by molar-refractivity contribution is 9.13. The second-order valence-electron chi connectivity index (χ2n) is 3.75. The van der Waals surface area contributed by atoms with Gasteiger partial charge in [-0.2, -0.15) is 0 Å². The average molecular weight is 357 g/mol. The van der Waals surface area contributed by atoms with E-state index >= 15 is 0 Å². The fourth-order valence-corrected chi connectivity index (χ4v) is 2.22. The Labute approximate surface area is 117 Å². The molecule has 1 heterocycles. The van der Waals surface area contributed by atoms with Crippen LogP contribution < -0.4 is 0 Å². The van der Waals surface area contributed by atoms with Crippen LogP contribution in [0.15, 0.2) is 51.7 Å². The third kappa shape index (κ3) is 3.37. The van der Waals surface area contributed by atoms with E-state index in [1.54, 1.807) is 12.4 Å². The maximum absolute atomic E-state index is 10.1. The molecule has 0 radical (unpaired) electrons. The maximum Gasteiger partial charge on any atom is 0.0830 e. The summed E-state index contributed by atoms with van der Waals surface area (Å²) in [5.74, 6) is 0. The molecule has 0 saturated carbocycles. The SMILES string of the molecule is OC(Cc1ccncc1)c1ccc(Br)c(Br)c1. The van der Waals surface area contributed by atoms with Crippen LogP contribution in [-0.2, 0) is 6.42 Å². The number of aliphatic hydroxyl groups is 1. The predicted octanol–water partition coefficient (Wildman–Crippen LogP) is 3.88. The zero-order chi connectivity index (χ0) is 12.3. The van der Waals surface area contributed by atoms with Crippen molar-refractivity contribution in [1.82, 2.24) is 4.98 Å². The second-order valence-corrected chi connectivity index (χ2v) is 5.46. The first-order valence-electron chi connectivity index (χ1n) is 5.19. The summed E-state index contributed by atoms with van der Waals surface area (Å²) in [6.45, 7) is 0. The Morgan fingerprint density at radius 1 is 1.06 bits per heavy atom. The number of benzene rings is 1. The van der Waals surface area contributed by atoms with Crippen LogP contribution in [0.5, 0.6) is 0 Å². The summed E-state index contributed by atoms with van der Waals surface area (Å²) in [6, 6.07) is 9.60. The molecule has 0 aliphatic carbocycles. The summed E-state index contributed by atoms with van der Waals surface area (Å²) in [5.41, 5.74) is 1.98. The number of halogens is 2. The number of rotatable bonds is 3. The minimum absolute atomic E-state index is 0.498. The molecule has 0 aliphatic heterocycles. The monoisotopic (exact) mass is 355 g/mol. The lowest BCUT2D eigenvalue weighted by molar-refractivity contribution is 0.178. The van der Waals surface area contributed by atoms with Crippen molar-refractivity contribution >= 4 is 31.9 Å². The summed E-state index contributed by atoms with van der Waals surface area (Å²) < 4.78 is 1.93. The van der Waals surface area contributed by atoms with Gasteiger partial charge in [0.15, 0.2) is 0 Å². The van der Waals surface area contributed by atoms with Gasteiger partial charge in [-0.3, -0.25) is 4.98 Å². The van der Waals surface area contributed by atoms with Crippen molar-refractivity contribution in [3.8, 4) is 0 Å². The summed E-state index contributed by atoms with van der Waals surface area (Å²) in [6.07, 6.45) is 3.57. The third-order valence-corrected chi connectivity index (χ3v) is 4.39. The lowest BCUT2D eigenvalue weighted by Crippen LogP contribution is -2.01. The zero-order valence-corrected chi connectivity index (χ0v) is 12.1. The molecule has 17 heavy (non-hydrogen) atoms. The van der Waals surface area contributed by atoms with Crippen molar-refractivity contribution in [2.75, 3.05) is 0 Å². The van der Waals surface area contributed by atoms with E-state index in [9.17, 15) is 5.11 Å². The van der Waals surface area contributed by atoms with E-state index in [2.05, 4.69) is 36.8 Å². The highest BCUT2D eigenvalue weighted by Crippen LogP contribution is 2.27. The lowest BCUT2D eigenvalue weighted by atomic mass is 10.0. The summed E-state index contributed by atoms with van der Waals surface area (Å²) >= 11 is 6.84. The van der Waals surface area contributed by atoms with Gasteiger partial charge in [0.05, 0.1) is 6.10 Å². The van der Waals surface area contributed by atoms with Crippen molar-refractivity contribution < 1.29 is 5.11 Å². The number of pyridine rings is 1. The van der Waals surface area contributed by atoms with Crippen LogP contribution in [0.1, 0.15) is 17.2 Å². The van der Waals surface area contributed by atoms with Gasteiger partial charge in [0, 0.05) is 27.8 Å². The first-order chi connectivity index (χ1) is 8.16. The Balaban J connectivity index is 2.14. The van der Waals surface area contributed by atoms with Crippen LogP contribution in [0.25, 0.3) is 0 Å². The maximum atomic E-state index is 10.1. The van der Waals surface area contributed by atoms with Crippen LogP contribution in [0.4, 0.5) is 0 Å². The first-order valence-corrected chi connectivity index (χ1v) is 6.77. The van der Waals surface area contributed by atoms with Crippen LogP contribution >= 0.6 is 31.9 Å². The van der Waals surface area contributed by atoms with Crippen LogP contribution in [0.2, 0.25) is 0 Å². The molecule has 0 bridgehead atoms. The summed E-state index contributed by atoms with van der Waals surface area (Å²) in [7, 11) is 0. The van der Waals surface area contributed by atoms with Gasteiger partial charge >= 0.3 is 0 Å². The molecular weight excluding hydrogens is 346 g/mol. The van der Waals surface area contributed by atoms with E-state index < -0.39 is 6.10 Å². The molecule has 4 heteroatoms. The third-order valence-electron chi connectivity index (χ3n) is 2.51. The van der Waals surface area contributed by atoms with Crippen LogP contribution in [-0.4, -0.2) is 10.1 Å². The van der Waals surface area contributed by atoms with E-state index in [0.29, 0.717) is 6.42 Å². The number of hydrogen-bond donors (Lipinski definition) is 1. The molecular formula is C13H11Br2NO. The Hall–Kier alpha value is -0.710. The summed E-state index contributed by atoms with van der Waals surface area (Å²) in [5, 5.41) is 10.1. The van der Waals surface area contributed by atoms with Gasteiger partial charge in [-0.1, -0.05) is 6.07 Å². The fourth-order valence-electron chi connectivity index (χ4n) is 1.58. The largest absolute Gasteiger partial charge is 0.388 e. The second kappa shape index (κ2) is 5.76. The molecule has 1 atom stereocenters. The molecule has 1 aromatic carbocycles. The number of nitrogens with zero attached hydrogens (tertiary/aromatic N) is 1.